The van der Waals surface area contributed by atoms with Crippen LogP contribution in [-0.4, -0.2) is 29.5 Å². The number of fused-ring (bicyclic) bond motifs is 1. The average molecular weight is 403 g/mol. The Kier molecular flexibility index (Phi) is 6.39. The molecule has 0 amide bonds. The minimum Gasteiger partial charge on any atom is -0.392 e. The highest BCUT2D eigenvalue weighted by atomic mass is 32.2. The van der Waals surface area contributed by atoms with E-state index in [2.05, 4.69) is 4.72 Å². The minimum absolute atomic E-state index is 0.0283. The van der Waals surface area contributed by atoms with Crippen molar-refractivity contribution in [1.82, 2.24) is 9.79 Å². The van der Waals surface area contributed by atoms with E-state index in [1.165, 1.54) is 6.20 Å². The predicted molar refractivity (Wildman–Crippen MR) is 111 cm³/mol. The maximum atomic E-state index is 12.2. The van der Waals surface area contributed by atoms with Gasteiger partial charge in [0.05, 0.1) is 24.3 Å². The first-order valence-electron chi connectivity index (χ1n) is 9.46. The van der Waals surface area contributed by atoms with Crippen molar-refractivity contribution in [2.75, 3.05) is 5.75 Å². The van der Waals surface area contributed by atoms with Gasteiger partial charge in [0, 0.05) is 17.7 Å². The zero-order chi connectivity index (χ0) is 20.1. The maximum Gasteiger partial charge on any atom is 0.232 e. The van der Waals surface area contributed by atoms with Crippen molar-refractivity contribution in [2.24, 2.45) is 0 Å². The van der Waals surface area contributed by atoms with E-state index in [0.29, 0.717) is 24.2 Å². The van der Waals surface area contributed by atoms with E-state index in [4.69, 9.17) is 0 Å². The normalized spacial score (nSPS) is 14.8. The van der Waals surface area contributed by atoms with Crippen molar-refractivity contribution in [2.45, 2.75) is 39.2 Å². The highest BCUT2D eigenvalue weighted by molar-refractivity contribution is 7.89. The highest BCUT2D eigenvalue weighted by Crippen LogP contribution is 2.31. The van der Waals surface area contributed by atoms with E-state index in [-0.39, 0.29) is 12.4 Å². The molecule has 0 aromatic heterocycles. The lowest BCUT2D eigenvalue weighted by Crippen LogP contribution is -2.29. The maximum absolute atomic E-state index is 12.2. The number of sulfonamides is 1. The fourth-order valence-corrected chi connectivity index (χ4v) is 4.54. The molecule has 1 aliphatic heterocycles. The molecule has 0 fully saturated rings. The lowest BCUT2D eigenvalue weighted by Gasteiger charge is -2.24. The second-order valence-corrected chi connectivity index (χ2v) is 8.78. The summed E-state index contributed by atoms with van der Waals surface area (Å²) in [5.74, 6) is 0.0801. The first-order valence-corrected chi connectivity index (χ1v) is 11.1. The lowest BCUT2D eigenvalue weighted by molar-refractivity contribution is 0.0220. The number of hydroxylamine groups is 2. The Morgan fingerprint density at radius 1 is 1.18 bits per heavy atom. The van der Waals surface area contributed by atoms with Crippen LogP contribution in [0.4, 0.5) is 0 Å². The molecule has 0 atom stereocenters. The molecule has 0 radical (unpaired) electrons. The molecular weight excluding hydrogens is 376 g/mol. The van der Waals surface area contributed by atoms with Crippen LogP contribution in [0.5, 0.6) is 0 Å². The molecule has 0 aliphatic carbocycles. The fraction of sp³-hybridized carbons (Fsp3) is 0.333. The number of nitrogens with one attached hydrogen (secondary N) is 1. The first-order chi connectivity index (χ1) is 13.4. The van der Waals surface area contributed by atoms with Gasteiger partial charge in [-0.15, -0.1) is 0 Å². The Morgan fingerprint density at radius 2 is 2.00 bits per heavy atom. The van der Waals surface area contributed by atoms with Crippen molar-refractivity contribution in [1.29, 1.82) is 0 Å². The molecule has 7 heteroatoms. The van der Waals surface area contributed by atoms with Gasteiger partial charge >= 0.3 is 0 Å². The molecular formula is C21H26N2O4S. The Morgan fingerprint density at radius 3 is 2.71 bits per heavy atom. The fourth-order valence-electron chi connectivity index (χ4n) is 3.32. The quantitative estimate of drug-likeness (QED) is 0.586. The number of unbranched alkanes of at least 4 members (excludes halogenated alkanes) is 2. The second-order valence-electron chi connectivity index (χ2n) is 6.94. The summed E-state index contributed by atoms with van der Waals surface area (Å²) in [4.78, 5) is 0. The second kappa shape index (κ2) is 8.77. The zero-order valence-electron chi connectivity index (χ0n) is 15.9. The molecule has 0 unspecified atom stereocenters. The van der Waals surface area contributed by atoms with E-state index >= 15 is 0 Å². The van der Waals surface area contributed by atoms with Gasteiger partial charge in [-0.25, -0.2) is 13.5 Å². The van der Waals surface area contributed by atoms with E-state index in [1.54, 1.807) is 6.08 Å². The third-order valence-corrected chi connectivity index (χ3v) is 6.15. The number of aliphatic hydroxyl groups excluding tert-OH is 1. The number of rotatable bonds is 8. The minimum atomic E-state index is -3.41. The molecule has 3 rings (SSSR count). The number of hydrogen-bond acceptors (Lipinski definition) is 5. The van der Waals surface area contributed by atoms with Gasteiger partial charge in [-0.1, -0.05) is 56.2 Å². The van der Waals surface area contributed by atoms with Gasteiger partial charge in [0.15, 0.2) is 0 Å². The van der Waals surface area contributed by atoms with E-state index in [9.17, 15) is 18.7 Å². The van der Waals surface area contributed by atoms with Gasteiger partial charge in [-0.2, -0.15) is 0 Å². The van der Waals surface area contributed by atoms with Crippen LogP contribution in [0.15, 0.2) is 54.4 Å². The third-order valence-electron chi connectivity index (χ3n) is 4.75. The van der Waals surface area contributed by atoms with Crippen molar-refractivity contribution in [3.63, 3.8) is 0 Å². The summed E-state index contributed by atoms with van der Waals surface area (Å²) in [7, 11) is -3.41. The van der Waals surface area contributed by atoms with Crippen LogP contribution in [-0.2, 0) is 16.6 Å². The van der Waals surface area contributed by atoms with Crippen LogP contribution in [0.3, 0.4) is 0 Å². The Bertz CT molecular complexity index is 1010. The van der Waals surface area contributed by atoms with E-state index in [1.807, 2.05) is 43.3 Å². The van der Waals surface area contributed by atoms with Crippen LogP contribution in [0.25, 0.3) is 16.5 Å². The molecule has 0 bridgehead atoms. The number of aliphatic hydroxyl groups is 1. The Labute approximate surface area is 165 Å². The summed E-state index contributed by atoms with van der Waals surface area (Å²) in [6, 6.07) is 11.4. The molecule has 150 valence electrons. The average Bonchev–Trinajstić information content (AvgIpc) is 2.67. The summed E-state index contributed by atoms with van der Waals surface area (Å²) >= 11 is 0. The first kappa shape index (κ1) is 20.4. The molecule has 6 nitrogen and oxygen atoms in total. The summed E-state index contributed by atoms with van der Waals surface area (Å²) < 4.78 is 26.9. The van der Waals surface area contributed by atoms with Crippen LogP contribution in [0, 0.1) is 0 Å². The molecule has 0 saturated heterocycles. The molecule has 2 aromatic carbocycles. The van der Waals surface area contributed by atoms with Crippen LogP contribution >= 0.6 is 0 Å². The molecule has 2 aromatic rings. The van der Waals surface area contributed by atoms with Crippen LogP contribution in [0.1, 0.15) is 43.7 Å². The molecule has 0 saturated carbocycles. The van der Waals surface area contributed by atoms with Crippen molar-refractivity contribution in [3.05, 3.63) is 65.5 Å². The molecule has 28 heavy (non-hydrogen) atoms. The smallest absolute Gasteiger partial charge is 0.232 e. The topological polar surface area (TPSA) is 89.9 Å². The van der Waals surface area contributed by atoms with Crippen molar-refractivity contribution in [3.8, 4) is 0 Å². The summed E-state index contributed by atoms with van der Waals surface area (Å²) in [5, 5.41) is 22.7. The van der Waals surface area contributed by atoms with Crippen molar-refractivity contribution < 1.29 is 18.7 Å². The van der Waals surface area contributed by atoms with Gasteiger partial charge < -0.3 is 5.11 Å². The summed E-state index contributed by atoms with van der Waals surface area (Å²) in [6.45, 7) is 2.00. The number of allylic oxidation sites excluding steroid dienone is 1. The van der Waals surface area contributed by atoms with Crippen LogP contribution < -0.4 is 4.72 Å². The zero-order valence-corrected chi connectivity index (χ0v) is 16.7. The molecule has 3 N–H and O–H groups in total. The van der Waals surface area contributed by atoms with Gasteiger partial charge in [-0.05, 0) is 28.8 Å². The van der Waals surface area contributed by atoms with E-state index < -0.39 is 10.0 Å². The van der Waals surface area contributed by atoms with Crippen LogP contribution in [0.2, 0.25) is 0 Å². The van der Waals surface area contributed by atoms with Gasteiger partial charge in [0.2, 0.25) is 10.0 Å². The van der Waals surface area contributed by atoms with Gasteiger partial charge in [0.25, 0.3) is 0 Å². The number of benzene rings is 2. The Balaban J connectivity index is 1.79. The van der Waals surface area contributed by atoms with Crippen molar-refractivity contribution >= 4 is 26.5 Å². The SMILES string of the molecule is CCCCCS(=O)(=O)NC1=CN(O)C(c2cccc3cc(CO)ccc23)=CC1. The summed E-state index contributed by atoms with van der Waals surface area (Å²) in [5.41, 5.74) is 2.69. The third kappa shape index (κ3) is 4.73. The lowest BCUT2D eigenvalue weighted by atomic mass is 9.98. The molecule has 1 heterocycles. The molecule has 0 spiro atoms. The number of hydrogen-bond donors (Lipinski definition) is 3. The Hall–Kier alpha value is -2.35. The van der Waals surface area contributed by atoms with Gasteiger partial charge in [0.1, 0.15) is 0 Å². The molecule has 1 aliphatic rings. The summed E-state index contributed by atoms with van der Waals surface area (Å²) in [6.07, 6.45) is 6.04. The largest absolute Gasteiger partial charge is 0.392 e. The standard InChI is InChI=1S/C21H26N2O4S/c1-2-3-4-12-28(26,27)22-18-9-11-21(23(25)14-18)20-7-5-6-17-13-16(15-24)8-10-19(17)20/h5-8,10-11,13-14,22,24-25H,2-4,9,12,15H2,1H3. The van der Waals surface area contributed by atoms with E-state index in [0.717, 1.165) is 39.8 Å². The predicted octanol–water partition coefficient (Wildman–Crippen LogP) is 3.72. The number of nitrogens with zero attached hydrogens (tertiary/aromatic N) is 1. The van der Waals surface area contributed by atoms with Gasteiger partial charge in [-0.3, -0.25) is 9.93 Å². The highest BCUT2D eigenvalue weighted by Gasteiger charge is 2.19. The monoisotopic (exact) mass is 402 g/mol.